The van der Waals surface area contributed by atoms with Gasteiger partial charge in [-0.25, -0.2) is 9.37 Å². The number of carbonyl (C=O) groups is 1. The van der Waals surface area contributed by atoms with Gasteiger partial charge < -0.3 is 0 Å². The molecule has 3 nitrogen and oxygen atoms in total. The van der Waals surface area contributed by atoms with Gasteiger partial charge in [-0.3, -0.25) is 9.69 Å². The molecule has 5 heteroatoms. The van der Waals surface area contributed by atoms with E-state index in [-0.39, 0.29) is 18.1 Å². The van der Waals surface area contributed by atoms with Crippen molar-refractivity contribution in [1.82, 2.24) is 4.98 Å². The predicted octanol–water partition coefficient (Wildman–Crippen LogP) is 5.21. The van der Waals surface area contributed by atoms with E-state index >= 15 is 0 Å². The molecule has 4 aromatic rings. The summed E-state index contributed by atoms with van der Waals surface area (Å²) >= 11 is 1.50. The Morgan fingerprint density at radius 1 is 0.889 bits per heavy atom. The van der Waals surface area contributed by atoms with Crippen molar-refractivity contribution < 1.29 is 9.18 Å². The number of anilines is 1. The van der Waals surface area contributed by atoms with Crippen LogP contribution in [0.25, 0.3) is 10.2 Å². The lowest BCUT2D eigenvalue weighted by Crippen LogP contribution is -2.31. The first-order valence-corrected chi connectivity index (χ1v) is 9.45. The van der Waals surface area contributed by atoms with Crippen LogP contribution in [-0.4, -0.2) is 10.9 Å². The molecule has 27 heavy (non-hydrogen) atoms. The van der Waals surface area contributed by atoms with Crippen LogP contribution in [0.5, 0.6) is 0 Å². The first-order chi connectivity index (χ1) is 13.2. The highest BCUT2D eigenvalue weighted by Crippen LogP contribution is 2.30. The molecule has 0 spiro atoms. The number of benzene rings is 3. The summed E-state index contributed by atoms with van der Waals surface area (Å²) in [6, 6.07) is 23.7. The molecular formula is C22H17FN2OS. The Balaban J connectivity index is 1.66. The topological polar surface area (TPSA) is 33.2 Å². The molecule has 3 aromatic carbocycles. The van der Waals surface area contributed by atoms with E-state index in [1.54, 1.807) is 17.0 Å². The van der Waals surface area contributed by atoms with Gasteiger partial charge in [0.1, 0.15) is 5.82 Å². The zero-order chi connectivity index (χ0) is 18.6. The molecular weight excluding hydrogens is 359 g/mol. The number of amides is 1. The Kier molecular flexibility index (Phi) is 4.94. The maximum absolute atomic E-state index is 13.1. The van der Waals surface area contributed by atoms with Crippen LogP contribution in [-0.2, 0) is 17.8 Å². The Labute approximate surface area is 160 Å². The number of aromatic nitrogens is 1. The van der Waals surface area contributed by atoms with E-state index in [1.807, 2.05) is 54.6 Å². The van der Waals surface area contributed by atoms with Gasteiger partial charge in [0.25, 0.3) is 0 Å². The fourth-order valence-electron chi connectivity index (χ4n) is 2.88. The maximum Gasteiger partial charge on any atom is 0.233 e. The molecule has 1 amide bonds. The van der Waals surface area contributed by atoms with E-state index in [1.165, 1.54) is 23.5 Å². The van der Waals surface area contributed by atoms with E-state index in [2.05, 4.69) is 4.98 Å². The molecule has 1 heterocycles. The minimum Gasteiger partial charge on any atom is -0.283 e. The number of hydrogen-bond donors (Lipinski definition) is 0. The third-order valence-electron chi connectivity index (χ3n) is 4.27. The van der Waals surface area contributed by atoms with Crippen LogP contribution in [0.2, 0.25) is 0 Å². The van der Waals surface area contributed by atoms with Crippen LogP contribution >= 0.6 is 11.3 Å². The van der Waals surface area contributed by atoms with Crippen LogP contribution in [0.4, 0.5) is 9.52 Å². The standard InChI is InChI=1S/C22H17FN2OS/c23-18-12-10-16(11-13-18)14-21(26)25(15-17-6-2-1-3-7-17)22-24-19-8-4-5-9-20(19)27-22/h1-13H,14-15H2. The Morgan fingerprint density at radius 2 is 1.59 bits per heavy atom. The number of halogens is 1. The molecule has 0 aliphatic heterocycles. The first kappa shape index (κ1) is 17.4. The SMILES string of the molecule is O=C(Cc1ccc(F)cc1)N(Cc1ccccc1)c1nc2ccccc2s1. The summed E-state index contributed by atoms with van der Waals surface area (Å²) in [6.07, 6.45) is 0.197. The predicted molar refractivity (Wildman–Crippen MR) is 107 cm³/mol. The monoisotopic (exact) mass is 376 g/mol. The zero-order valence-corrected chi connectivity index (χ0v) is 15.3. The summed E-state index contributed by atoms with van der Waals surface area (Å²) in [7, 11) is 0. The molecule has 0 radical (unpaired) electrons. The second-order valence-electron chi connectivity index (χ2n) is 6.23. The maximum atomic E-state index is 13.1. The molecule has 0 bridgehead atoms. The van der Waals surface area contributed by atoms with Crippen molar-refractivity contribution in [2.24, 2.45) is 0 Å². The number of nitrogens with zero attached hydrogens (tertiary/aromatic N) is 2. The molecule has 0 saturated carbocycles. The largest absolute Gasteiger partial charge is 0.283 e. The lowest BCUT2D eigenvalue weighted by Gasteiger charge is -2.20. The highest BCUT2D eigenvalue weighted by molar-refractivity contribution is 7.22. The fraction of sp³-hybridized carbons (Fsp3) is 0.0909. The number of carbonyl (C=O) groups excluding carboxylic acids is 1. The molecule has 0 atom stereocenters. The van der Waals surface area contributed by atoms with Crippen molar-refractivity contribution in [3.63, 3.8) is 0 Å². The molecule has 4 rings (SSSR count). The van der Waals surface area contributed by atoms with E-state index in [9.17, 15) is 9.18 Å². The molecule has 0 unspecified atom stereocenters. The summed E-state index contributed by atoms with van der Waals surface area (Å²) in [4.78, 5) is 19.4. The first-order valence-electron chi connectivity index (χ1n) is 8.63. The number of fused-ring (bicyclic) bond motifs is 1. The lowest BCUT2D eigenvalue weighted by atomic mass is 10.1. The minimum absolute atomic E-state index is 0.0653. The summed E-state index contributed by atoms with van der Waals surface area (Å²) < 4.78 is 14.2. The molecule has 0 saturated heterocycles. The van der Waals surface area contributed by atoms with Gasteiger partial charge in [0.2, 0.25) is 5.91 Å². The molecule has 0 fully saturated rings. The third-order valence-corrected chi connectivity index (χ3v) is 5.33. The fourth-order valence-corrected chi connectivity index (χ4v) is 3.86. The average molecular weight is 376 g/mol. The molecule has 134 valence electrons. The average Bonchev–Trinajstić information content (AvgIpc) is 3.12. The number of thiazole rings is 1. The third kappa shape index (κ3) is 4.04. The Hall–Kier alpha value is -3.05. The molecule has 0 aliphatic rings. The Morgan fingerprint density at radius 3 is 2.33 bits per heavy atom. The molecule has 1 aromatic heterocycles. The number of para-hydroxylation sites is 1. The minimum atomic E-state index is -0.307. The smallest absolute Gasteiger partial charge is 0.233 e. The van der Waals surface area contributed by atoms with Gasteiger partial charge in [0.05, 0.1) is 23.2 Å². The van der Waals surface area contributed by atoms with Gasteiger partial charge in [-0.15, -0.1) is 0 Å². The summed E-state index contributed by atoms with van der Waals surface area (Å²) in [6.45, 7) is 0.445. The van der Waals surface area contributed by atoms with Gasteiger partial charge in [-0.1, -0.05) is 65.9 Å². The molecule has 0 N–H and O–H groups in total. The van der Waals surface area contributed by atoms with Crippen LogP contribution in [0, 0.1) is 5.82 Å². The van der Waals surface area contributed by atoms with Crippen molar-refractivity contribution in [1.29, 1.82) is 0 Å². The van der Waals surface area contributed by atoms with Crippen molar-refractivity contribution in [3.8, 4) is 0 Å². The molecule has 0 aliphatic carbocycles. The number of rotatable bonds is 5. The Bertz CT molecular complexity index is 1030. The normalized spacial score (nSPS) is 10.9. The van der Waals surface area contributed by atoms with Crippen LogP contribution in [0.1, 0.15) is 11.1 Å². The van der Waals surface area contributed by atoms with Gasteiger partial charge in [-0.2, -0.15) is 0 Å². The van der Waals surface area contributed by atoms with Gasteiger partial charge >= 0.3 is 0 Å². The van der Waals surface area contributed by atoms with Gasteiger partial charge in [0, 0.05) is 0 Å². The van der Waals surface area contributed by atoms with Crippen molar-refractivity contribution in [2.75, 3.05) is 4.90 Å². The highest BCUT2D eigenvalue weighted by Gasteiger charge is 2.20. The van der Waals surface area contributed by atoms with Gasteiger partial charge in [0.15, 0.2) is 5.13 Å². The van der Waals surface area contributed by atoms with E-state index in [0.29, 0.717) is 11.7 Å². The quantitative estimate of drug-likeness (QED) is 0.479. The number of hydrogen-bond acceptors (Lipinski definition) is 3. The van der Waals surface area contributed by atoms with Crippen LogP contribution in [0.15, 0.2) is 78.9 Å². The van der Waals surface area contributed by atoms with E-state index in [0.717, 1.165) is 21.3 Å². The van der Waals surface area contributed by atoms with Crippen molar-refractivity contribution in [3.05, 3.63) is 95.8 Å². The van der Waals surface area contributed by atoms with E-state index in [4.69, 9.17) is 0 Å². The van der Waals surface area contributed by atoms with Gasteiger partial charge in [-0.05, 0) is 35.4 Å². The van der Waals surface area contributed by atoms with E-state index < -0.39 is 0 Å². The van der Waals surface area contributed by atoms with Crippen molar-refractivity contribution >= 4 is 32.6 Å². The zero-order valence-electron chi connectivity index (χ0n) is 14.5. The highest BCUT2D eigenvalue weighted by atomic mass is 32.1. The van der Waals surface area contributed by atoms with Crippen LogP contribution in [0.3, 0.4) is 0 Å². The second-order valence-corrected chi connectivity index (χ2v) is 7.24. The summed E-state index contributed by atoms with van der Waals surface area (Å²) in [5.41, 5.74) is 2.69. The summed E-state index contributed by atoms with van der Waals surface area (Å²) in [5.74, 6) is -0.372. The lowest BCUT2D eigenvalue weighted by molar-refractivity contribution is -0.118. The van der Waals surface area contributed by atoms with Crippen LogP contribution < -0.4 is 4.90 Å². The summed E-state index contributed by atoms with van der Waals surface area (Å²) in [5, 5.41) is 0.673. The second kappa shape index (κ2) is 7.68. The van der Waals surface area contributed by atoms with Crippen molar-refractivity contribution in [2.45, 2.75) is 13.0 Å².